The fraction of sp³-hybridized carbons (Fsp3) is 1.00. The van der Waals surface area contributed by atoms with Gasteiger partial charge in [0.2, 0.25) is 0 Å². The van der Waals surface area contributed by atoms with Crippen molar-refractivity contribution < 1.29 is 8.42 Å². The molecule has 0 radical (unpaired) electrons. The lowest BCUT2D eigenvalue weighted by Gasteiger charge is -2.18. The zero-order chi connectivity index (χ0) is 13.4. The maximum absolute atomic E-state index is 11.5. The van der Waals surface area contributed by atoms with Crippen molar-refractivity contribution in [2.75, 3.05) is 44.2 Å². The third-order valence-electron chi connectivity index (χ3n) is 3.28. The molecule has 0 unspecified atom stereocenters. The minimum atomic E-state index is -2.75. The van der Waals surface area contributed by atoms with E-state index in [2.05, 4.69) is 24.1 Å². The quantitative estimate of drug-likeness (QED) is 0.708. The predicted octanol–water partition coefficient (Wildman–Crippen LogP) is 1.13. The molecule has 1 aliphatic rings. The smallest absolute Gasteiger partial charge is 0.151 e. The van der Waals surface area contributed by atoms with Crippen LogP contribution in [0.2, 0.25) is 0 Å². The van der Waals surface area contributed by atoms with E-state index < -0.39 is 9.84 Å². The molecule has 1 rings (SSSR count). The molecular formula is C13H28N2O2S. The first kappa shape index (κ1) is 15.9. The van der Waals surface area contributed by atoms with Crippen LogP contribution in [0.25, 0.3) is 0 Å². The van der Waals surface area contributed by atoms with E-state index in [1.54, 1.807) is 0 Å². The molecule has 0 spiro atoms. The molecule has 0 aromatic heterocycles. The van der Waals surface area contributed by atoms with Gasteiger partial charge in [-0.1, -0.05) is 13.8 Å². The summed E-state index contributed by atoms with van der Waals surface area (Å²) in [5, 5.41) is 3.43. The molecule has 1 N–H and O–H groups in total. The number of hydrogen-bond donors (Lipinski definition) is 1. The number of sulfone groups is 1. The molecule has 1 heterocycles. The fourth-order valence-corrected chi connectivity index (χ4v) is 3.50. The summed E-state index contributed by atoms with van der Waals surface area (Å²) in [5.74, 6) is 1.43. The Morgan fingerprint density at radius 1 is 1.17 bits per heavy atom. The van der Waals surface area contributed by atoms with Gasteiger partial charge in [-0.15, -0.1) is 0 Å². The zero-order valence-corrected chi connectivity index (χ0v) is 12.6. The Morgan fingerprint density at radius 3 is 2.67 bits per heavy atom. The standard InChI is InChI=1S/C13H28N2O2S/c1-13(2)12-14-6-3-4-7-15-8-5-10-18(16,17)11-9-15/h13-14H,3-12H2,1-2H3. The first-order valence-corrected chi connectivity index (χ1v) is 8.95. The Hall–Kier alpha value is -0.130. The van der Waals surface area contributed by atoms with Crippen LogP contribution in [-0.4, -0.2) is 57.5 Å². The highest BCUT2D eigenvalue weighted by Gasteiger charge is 2.18. The summed E-state index contributed by atoms with van der Waals surface area (Å²) in [7, 11) is -2.75. The second-order valence-electron chi connectivity index (χ2n) is 5.65. The van der Waals surface area contributed by atoms with Crippen LogP contribution in [0.4, 0.5) is 0 Å². The van der Waals surface area contributed by atoms with Crippen molar-refractivity contribution in [3.63, 3.8) is 0 Å². The largest absolute Gasteiger partial charge is 0.316 e. The maximum atomic E-state index is 11.5. The van der Waals surface area contributed by atoms with Crippen LogP contribution in [0, 0.1) is 5.92 Å². The number of rotatable bonds is 7. The molecule has 4 nitrogen and oxygen atoms in total. The summed E-state index contributed by atoms with van der Waals surface area (Å²) in [5.41, 5.74) is 0. The Kier molecular flexibility index (Phi) is 7.19. The van der Waals surface area contributed by atoms with Gasteiger partial charge in [-0.2, -0.15) is 0 Å². The van der Waals surface area contributed by atoms with Crippen LogP contribution in [0.5, 0.6) is 0 Å². The molecule has 0 aromatic rings. The van der Waals surface area contributed by atoms with Crippen molar-refractivity contribution in [3.8, 4) is 0 Å². The van der Waals surface area contributed by atoms with Gasteiger partial charge in [0.25, 0.3) is 0 Å². The molecular weight excluding hydrogens is 248 g/mol. The molecule has 0 bridgehead atoms. The summed E-state index contributed by atoms with van der Waals surface area (Å²) in [6.07, 6.45) is 3.13. The minimum absolute atomic E-state index is 0.346. The van der Waals surface area contributed by atoms with Crippen molar-refractivity contribution in [1.82, 2.24) is 10.2 Å². The van der Waals surface area contributed by atoms with Gasteiger partial charge in [0, 0.05) is 6.54 Å². The van der Waals surface area contributed by atoms with Gasteiger partial charge in [0.1, 0.15) is 0 Å². The summed E-state index contributed by atoms with van der Waals surface area (Å²) in [6.45, 7) is 9.29. The topological polar surface area (TPSA) is 49.4 Å². The molecule has 0 aliphatic carbocycles. The second kappa shape index (κ2) is 8.12. The Labute approximate surface area is 112 Å². The van der Waals surface area contributed by atoms with Crippen molar-refractivity contribution in [2.24, 2.45) is 5.92 Å². The molecule has 1 fully saturated rings. The van der Waals surface area contributed by atoms with E-state index >= 15 is 0 Å². The predicted molar refractivity (Wildman–Crippen MR) is 76.7 cm³/mol. The average molecular weight is 276 g/mol. The van der Waals surface area contributed by atoms with Crippen LogP contribution in [0.3, 0.4) is 0 Å². The molecule has 0 amide bonds. The van der Waals surface area contributed by atoms with Crippen LogP contribution >= 0.6 is 0 Å². The summed E-state index contributed by atoms with van der Waals surface area (Å²) in [4.78, 5) is 2.30. The van der Waals surface area contributed by atoms with E-state index in [0.29, 0.717) is 17.4 Å². The van der Waals surface area contributed by atoms with E-state index in [0.717, 1.165) is 45.6 Å². The van der Waals surface area contributed by atoms with Crippen LogP contribution in [0.1, 0.15) is 33.1 Å². The number of nitrogens with one attached hydrogen (secondary N) is 1. The fourth-order valence-electron chi connectivity index (χ4n) is 2.19. The average Bonchev–Trinajstić information content (AvgIpc) is 2.45. The zero-order valence-electron chi connectivity index (χ0n) is 11.8. The Balaban J connectivity index is 2.05. The summed E-state index contributed by atoms with van der Waals surface area (Å²) < 4.78 is 22.9. The first-order valence-electron chi connectivity index (χ1n) is 7.13. The highest BCUT2D eigenvalue weighted by Crippen LogP contribution is 2.06. The van der Waals surface area contributed by atoms with Gasteiger partial charge in [-0.25, -0.2) is 8.42 Å². The lowest BCUT2D eigenvalue weighted by atomic mass is 10.2. The van der Waals surface area contributed by atoms with E-state index in [9.17, 15) is 8.42 Å². The van der Waals surface area contributed by atoms with E-state index in [1.807, 2.05) is 0 Å². The van der Waals surface area contributed by atoms with Crippen molar-refractivity contribution >= 4 is 9.84 Å². The number of hydrogen-bond acceptors (Lipinski definition) is 4. The van der Waals surface area contributed by atoms with Crippen LogP contribution < -0.4 is 5.32 Å². The van der Waals surface area contributed by atoms with Crippen LogP contribution in [0.15, 0.2) is 0 Å². The highest BCUT2D eigenvalue weighted by molar-refractivity contribution is 7.91. The monoisotopic (exact) mass is 276 g/mol. The molecule has 1 aliphatic heterocycles. The van der Waals surface area contributed by atoms with Gasteiger partial charge in [0.05, 0.1) is 11.5 Å². The van der Waals surface area contributed by atoms with Gasteiger partial charge in [-0.3, -0.25) is 0 Å². The SMILES string of the molecule is CC(C)CNCCCCN1CCCS(=O)(=O)CC1. The normalized spacial score (nSPS) is 21.1. The Bertz CT molecular complexity index is 315. The minimum Gasteiger partial charge on any atom is -0.316 e. The summed E-state index contributed by atoms with van der Waals surface area (Å²) in [6, 6.07) is 0. The number of nitrogens with zero attached hydrogens (tertiary/aromatic N) is 1. The van der Waals surface area contributed by atoms with Gasteiger partial charge < -0.3 is 10.2 Å². The van der Waals surface area contributed by atoms with E-state index in [-0.39, 0.29) is 0 Å². The molecule has 18 heavy (non-hydrogen) atoms. The second-order valence-corrected chi connectivity index (χ2v) is 7.96. The lowest BCUT2D eigenvalue weighted by molar-refractivity contribution is 0.288. The van der Waals surface area contributed by atoms with E-state index in [1.165, 1.54) is 6.42 Å². The third kappa shape index (κ3) is 7.34. The van der Waals surface area contributed by atoms with Gasteiger partial charge in [-0.05, 0) is 51.4 Å². The van der Waals surface area contributed by atoms with Gasteiger partial charge in [0.15, 0.2) is 9.84 Å². The maximum Gasteiger partial charge on any atom is 0.151 e. The van der Waals surface area contributed by atoms with Crippen LogP contribution in [-0.2, 0) is 9.84 Å². The molecule has 0 saturated carbocycles. The summed E-state index contributed by atoms with van der Waals surface area (Å²) >= 11 is 0. The molecule has 5 heteroatoms. The van der Waals surface area contributed by atoms with Crippen molar-refractivity contribution in [1.29, 1.82) is 0 Å². The van der Waals surface area contributed by atoms with E-state index in [4.69, 9.17) is 0 Å². The highest BCUT2D eigenvalue weighted by atomic mass is 32.2. The molecule has 0 aromatic carbocycles. The molecule has 108 valence electrons. The number of unbranched alkanes of at least 4 members (excludes halogenated alkanes) is 1. The van der Waals surface area contributed by atoms with Crippen molar-refractivity contribution in [3.05, 3.63) is 0 Å². The third-order valence-corrected chi connectivity index (χ3v) is 4.99. The van der Waals surface area contributed by atoms with Crippen molar-refractivity contribution in [2.45, 2.75) is 33.1 Å². The lowest BCUT2D eigenvalue weighted by Crippen LogP contribution is -2.29. The van der Waals surface area contributed by atoms with Gasteiger partial charge >= 0.3 is 0 Å². The Morgan fingerprint density at radius 2 is 1.94 bits per heavy atom. The molecule has 1 saturated heterocycles. The first-order chi connectivity index (χ1) is 8.49. The molecule has 0 atom stereocenters.